The molecule has 5 heterocycles. The number of hydrogen-bond acceptors (Lipinski definition) is 14. The van der Waals surface area contributed by atoms with Gasteiger partial charge in [0.25, 0.3) is 11.8 Å². The lowest BCUT2D eigenvalue weighted by atomic mass is 9.91. The number of nitrogen functional groups attached to an aromatic ring is 2. The average molecular weight is 941 g/mol. The standard InChI is InChI=1S/C24H24ClN7O.C23H23ClN8O.CH4/c25-19-13-27-24(30-22(19)18-9-8-14-4-1-2-7-17(14)18)29-16-6-3-5-15(12-16)28-23(33)20-10-11-21(26)32-31-20;24-17-12-27-23(30-21(17)16-11-26-18-7-2-1-6-15(16)18)29-14-5-3-4-13(10-14)28-22(33)19-8-9-20(25)32-31-19;/h1-2,4,7,9-11,13,15-16H,3,5-6,8,12H2,(H2,26,32)(H,28,33)(H,27,29,30);1-2,6-9,11-14,26H,3-5,10H2,(H2,25,32)(H,28,33)(H,27,29,30);1H4/t15-,16+;13-,14+;/m00./s1. The van der Waals surface area contributed by atoms with Crippen LogP contribution in [0.5, 0.6) is 0 Å². The van der Waals surface area contributed by atoms with E-state index in [1.54, 1.807) is 36.7 Å². The zero-order valence-corrected chi connectivity index (χ0v) is 37.2. The second kappa shape index (κ2) is 20.9. The number of aromatic nitrogens is 9. The zero-order chi connectivity index (χ0) is 45.6. The highest BCUT2D eigenvalue weighted by Crippen LogP contribution is 2.36. The van der Waals surface area contributed by atoms with Gasteiger partial charge in [0, 0.05) is 52.4 Å². The van der Waals surface area contributed by atoms with Crippen molar-refractivity contribution in [3.05, 3.63) is 136 Å². The fraction of sp³-hybridized carbons (Fsp3) is 0.292. The zero-order valence-electron chi connectivity index (χ0n) is 35.7. The molecule has 2 amide bonds. The molecule has 2 aromatic carbocycles. The molecule has 7 aromatic rings. The molecule has 2 saturated carbocycles. The number of fused-ring (bicyclic) bond motifs is 2. The number of halogens is 2. The highest BCUT2D eigenvalue weighted by molar-refractivity contribution is 6.33. The predicted octanol–water partition coefficient (Wildman–Crippen LogP) is 8.08. The molecule has 17 nitrogen and oxygen atoms in total. The summed E-state index contributed by atoms with van der Waals surface area (Å²) in [6, 6.07) is 22.9. The third-order valence-electron chi connectivity index (χ3n) is 11.9. The molecule has 344 valence electrons. The number of nitrogens with one attached hydrogen (secondary N) is 5. The number of carbonyl (C=O) groups excluding carboxylic acids is 2. The summed E-state index contributed by atoms with van der Waals surface area (Å²) in [4.78, 5) is 46.5. The molecule has 0 saturated heterocycles. The Morgan fingerprint density at radius 3 is 1.76 bits per heavy atom. The van der Waals surface area contributed by atoms with Crippen molar-refractivity contribution in [1.82, 2.24) is 55.9 Å². The molecular formula is C48H51Cl2N15O2. The maximum atomic E-state index is 12.5. The number of carbonyl (C=O) groups is 2. The molecule has 5 aromatic heterocycles. The predicted molar refractivity (Wildman–Crippen MR) is 262 cm³/mol. The van der Waals surface area contributed by atoms with Gasteiger partial charge in [0.15, 0.2) is 11.4 Å². The number of benzene rings is 2. The largest absolute Gasteiger partial charge is 0.382 e. The number of allylic oxidation sites excluding steroid dienone is 1. The van der Waals surface area contributed by atoms with E-state index in [1.807, 2.05) is 42.6 Å². The summed E-state index contributed by atoms with van der Waals surface area (Å²) >= 11 is 12.9. The number of para-hydroxylation sites is 1. The van der Waals surface area contributed by atoms with Crippen LogP contribution in [0.25, 0.3) is 27.7 Å². The molecule has 2 fully saturated rings. The van der Waals surface area contributed by atoms with Crippen LogP contribution in [-0.2, 0) is 6.42 Å². The minimum absolute atomic E-state index is 0. The molecule has 10 rings (SSSR count). The molecule has 0 radical (unpaired) electrons. The molecule has 19 heteroatoms. The summed E-state index contributed by atoms with van der Waals surface area (Å²) in [5.41, 5.74) is 18.4. The summed E-state index contributed by atoms with van der Waals surface area (Å²) in [5, 5.41) is 30.2. The maximum absolute atomic E-state index is 12.5. The van der Waals surface area contributed by atoms with E-state index in [1.165, 1.54) is 5.56 Å². The van der Waals surface area contributed by atoms with Crippen molar-refractivity contribution in [3.8, 4) is 11.3 Å². The maximum Gasteiger partial charge on any atom is 0.272 e. The highest BCUT2D eigenvalue weighted by Gasteiger charge is 2.27. The highest BCUT2D eigenvalue weighted by atomic mass is 35.5. The Kier molecular flexibility index (Phi) is 14.5. The van der Waals surface area contributed by atoms with Gasteiger partial charge in [0.05, 0.1) is 33.8 Å². The SMILES string of the molecule is C.Nc1ccc(C(=O)N[C@H]2CCC[C@@H](Nc3ncc(Cl)c(-c4c[nH]c5ccccc45)n3)C2)nn1.Nc1ccc(C(=O)N[C@H]2CCC[C@@H](Nc3ncc(Cl)c(C4=CCc5ccccc54)n3)C2)nn1. The molecule has 0 aliphatic heterocycles. The van der Waals surface area contributed by atoms with Crippen molar-refractivity contribution in [1.29, 1.82) is 0 Å². The van der Waals surface area contributed by atoms with Gasteiger partial charge in [-0.15, -0.1) is 20.4 Å². The molecule has 3 aliphatic carbocycles. The Labute approximate surface area is 397 Å². The summed E-state index contributed by atoms with van der Waals surface area (Å²) in [6.45, 7) is 0. The third-order valence-corrected chi connectivity index (χ3v) is 12.5. The number of amides is 2. The topological polar surface area (TPSA) is 253 Å². The van der Waals surface area contributed by atoms with Gasteiger partial charge < -0.3 is 37.7 Å². The van der Waals surface area contributed by atoms with E-state index in [-0.39, 0.29) is 66.4 Å². The van der Waals surface area contributed by atoms with Crippen molar-refractivity contribution in [2.24, 2.45) is 0 Å². The van der Waals surface area contributed by atoms with E-state index in [9.17, 15) is 9.59 Å². The second-order valence-corrected chi connectivity index (χ2v) is 17.4. The molecule has 4 atom stereocenters. The van der Waals surface area contributed by atoms with Crippen molar-refractivity contribution < 1.29 is 9.59 Å². The van der Waals surface area contributed by atoms with Crippen molar-refractivity contribution in [2.45, 2.75) is 89.4 Å². The van der Waals surface area contributed by atoms with Crippen LogP contribution < -0.4 is 32.7 Å². The van der Waals surface area contributed by atoms with Gasteiger partial charge in [-0.3, -0.25) is 9.59 Å². The minimum Gasteiger partial charge on any atom is -0.382 e. The quantitative estimate of drug-likeness (QED) is 0.0685. The van der Waals surface area contributed by atoms with E-state index >= 15 is 0 Å². The molecule has 0 spiro atoms. The Morgan fingerprint density at radius 2 is 1.16 bits per heavy atom. The average Bonchev–Trinajstić information content (AvgIpc) is 3.96. The summed E-state index contributed by atoms with van der Waals surface area (Å²) in [7, 11) is 0. The van der Waals surface area contributed by atoms with Crippen LogP contribution >= 0.6 is 23.2 Å². The Bertz CT molecular complexity index is 2890. The van der Waals surface area contributed by atoms with Gasteiger partial charge in [0.1, 0.15) is 11.6 Å². The van der Waals surface area contributed by atoms with Gasteiger partial charge in [-0.2, -0.15) is 0 Å². The second-order valence-electron chi connectivity index (χ2n) is 16.6. The Morgan fingerprint density at radius 1 is 0.627 bits per heavy atom. The van der Waals surface area contributed by atoms with Crippen molar-refractivity contribution in [3.63, 3.8) is 0 Å². The lowest BCUT2D eigenvalue weighted by molar-refractivity contribution is 0.0911. The lowest BCUT2D eigenvalue weighted by Gasteiger charge is -2.30. The number of rotatable bonds is 10. The van der Waals surface area contributed by atoms with Crippen LogP contribution in [0.1, 0.15) is 96.6 Å². The van der Waals surface area contributed by atoms with E-state index < -0.39 is 0 Å². The number of hydrogen-bond donors (Lipinski definition) is 7. The summed E-state index contributed by atoms with van der Waals surface area (Å²) < 4.78 is 0. The van der Waals surface area contributed by atoms with Crippen LogP contribution in [0, 0.1) is 0 Å². The first-order chi connectivity index (χ1) is 32.1. The Hall–Kier alpha value is -7.24. The van der Waals surface area contributed by atoms with Crippen LogP contribution in [0.15, 0.2) is 97.5 Å². The van der Waals surface area contributed by atoms with Gasteiger partial charge in [-0.1, -0.05) is 79.2 Å². The van der Waals surface area contributed by atoms with Gasteiger partial charge in [0.2, 0.25) is 11.9 Å². The first kappa shape index (κ1) is 46.3. The number of anilines is 4. The van der Waals surface area contributed by atoms with Crippen LogP contribution in [0.4, 0.5) is 23.5 Å². The summed E-state index contributed by atoms with van der Waals surface area (Å²) in [5.74, 6) is 1.13. The number of H-pyrrole nitrogens is 1. The molecule has 0 unspecified atom stereocenters. The molecule has 67 heavy (non-hydrogen) atoms. The molecular weight excluding hydrogens is 890 g/mol. The normalized spacial score (nSPS) is 18.6. The van der Waals surface area contributed by atoms with E-state index in [0.717, 1.165) is 91.1 Å². The van der Waals surface area contributed by atoms with Gasteiger partial charge in [-0.25, -0.2) is 19.9 Å². The fourth-order valence-corrected chi connectivity index (χ4v) is 9.13. The first-order valence-corrected chi connectivity index (χ1v) is 22.6. The van der Waals surface area contributed by atoms with E-state index in [4.69, 9.17) is 44.6 Å². The number of nitrogens with zero attached hydrogens (tertiary/aromatic N) is 8. The molecule has 3 aliphatic rings. The van der Waals surface area contributed by atoms with Crippen LogP contribution in [-0.4, -0.2) is 81.3 Å². The summed E-state index contributed by atoms with van der Waals surface area (Å²) in [6.07, 6.45) is 15.4. The number of nitrogens with two attached hydrogens (primary N) is 2. The van der Waals surface area contributed by atoms with Gasteiger partial charge in [-0.05, 0) is 99.2 Å². The van der Waals surface area contributed by atoms with E-state index in [2.05, 4.69) is 74.8 Å². The minimum atomic E-state index is -0.252. The van der Waals surface area contributed by atoms with Crippen molar-refractivity contribution in [2.75, 3.05) is 22.1 Å². The monoisotopic (exact) mass is 939 g/mol. The van der Waals surface area contributed by atoms with Crippen molar-refractivity contribution >= 4 is 75.0 Å². The van der Waals surface area contributed by atoms with Crippen LogP contribution in [0.2, 0.25) is 10.0 Å². The van der Waals surface area contributed by atoms with E-state index in [0.29, 0.717) is 27.6 Å². The first-order valence-electron chi connectivity index (χ1n) is 21.9. The molecule has 0 bridgehead atoms. The molecule has 9 N–H and O–H groups in total. The third kappa shape index (κ3) is 11.1. The Balaban J connectivity index is 0.000000179. The smallest absolute Gasteiger partial charge is 0.272 e. The van der Waals surface area contributed by atoms with Crippen LogP contribution in [0.3, 0.4) is 0 Å². The number of aromatic amines is 1. The fourth-order valence-electron chi connectivity index (χ4n) is 8.74. The lowest BCUT2D eigenvalue weighted by Crippen LogP contribution is -2.42. The van der Waals surface area contributed by atoms with Gasteiger partial charge >= 0.3 is 0 Å².